The molecule has 0 spiro atoms. The van der Waals surface area contributed by atoms with E-state index in [9.17, 15) is 14.4 Å². The highest BCUT2D eigenvalue weighted by Gasteiger charge is 2.36. The molecule has 116 valence electrons. The number of benzene rings is 1. The van der Waals surface area contributed by atoms with E-state index in [4.69, 9.17) is 4.74 Å². The minimum absolute atomic E-state index is 0.276. The van der Waals surface area contributed by atoms with Gasteiger partial charge < -0.3 is 9.47 Å². The summed E-state index contributed by atoms with van der Waals surface area (Å²) < 4.78 is 9.65. The first-order valence-corrected chi connectivity index (χ1v) is 7.24. The molecule has 2 rings (SSSR count). The summed E-state index contributed by atoms with van der Waals surface area (Å²) in [6.07, 6.45) is 1.62. The summed E-state index contributed by atoms with van der Waals surface area (Å²) in [5.74, 6) is -0.381. The highest BCUT2D eigenvalue weighted by Crippen LogP contribution is 2.32. The fraction of sp³-hybridized carbons (Fsp3) is 0.267. The van der Waals surface area contributed by atoms with Gasteiger partial charge >= 0.3 is 5.97 Å². The Hall–Kier alpha value is -2.28. The molecule has 0 saturated carbocycles. The number of amides is 2. The van der Waals surface area contributed by atoms with E-state index in [1.54, 1.807) is 25.3 Å². The Bertz CT molecular complexity index is 668. The van der Waals surface area contributed by atoms with Crippen molar-refractivity contribution in [1.29, 1.82) is 0 Å². The van der Waals surface area contributed by atoms with Crippen molar-refractivity contribution in [2.75, 3.05) is 20.8 Å². The maximum Gasteiger partial charge on any atom is 0.325 e. The fourth-order valence-corrected chi connectivity index (χ4v) is 2.81. The number of hydrogen-bond donors (Lipinski definition) is 0. The van der Waals surface area contributed by atoms with E-state index in [0.717, 1.165) is 33.5 Å². The van der Waals surface area contributed by atoms with E-state index in [-0.39, 0.29) is 11.4 Å². The van der Waals surface area contributed by atoms with E-state index in [1.165, 1.54) is 7.11 Å². The number of ether oxygens (including phenoxy) is 2. The molecule has 0 bridgehead atoms. The minimum atomic E-state index is -0.635. The lowest BCUT2D eigenvalue weighted by atomic mass is 10.1. The molecular weight excluding hydrogens is 306 g/mol. The largest absolute Gasteiger partial charge is 0.496 e. The molecule has 0 atom stereocenters. The lowest BCUT2D eigenvalue weighted by molar-refractivity contribution is -0.143. The zero-order valence-electron chi connectivity index (χ0n) is 12.4. The van der Waals surface area contributed by atoms with Gasteiger partial charge in [0.1, 0.15) is 12.3 Å². The SMILES string of the molecule is COC(=O)CN1C(=O)S/C(=C/c2ccc(OC)c(C)c2)C1=O. The number of nitrogens with zero attached hydrogens (tertiary/aromatic N) is 1. The molecule has 0 aliphatic carbocycles. The number of hydrogen-bond acceptors (Lipinski definition) is 6. The van der Waals surface area contributed by atoms with Crippen LogP contribution in [0.15, 0.2) is 23.1 Å². The third kappa shape index (κ3) is 3.30. The van der Waals surface area contributed by atoms with Gasteiger partial charge in [0.25, 0.3) is 11.1 Å². The van der Waals surface area contributed by atoms with E-state index >= 15 is 0 Å². The van der Waals surface area contributed by atoms with Crippen LogP contribution in [0.4, 0.5) is 4.79 Å². The Labute approximate surface area is 132 Å². The van der Waals surface area contributed by atoms with Crippen molar-refractivity contribution < 1.29 is 23.9 Å². The van der Waals surface area contributed by atoms with Crippen LogP contribution in [-0.2, 0) is 14.3 Å². The van der Waals surface area contributed by atoms with Gasteiger partial charge in [-0.15, -0.1) is 0 Å². The molecule has 1 heterocycles. The van der Waals surface area contributed by atoms with Gasteiger partial charge in [-0.1, -0.05) is 6.07 Å². The summed E-state index contributed by atoms with van der Waals surface area (Å²) in [4.78, 5) is 36.3. The lowest BCUT2D eigenvalue weighted by Crippen LogP contribution is -2.34. The van der Waals surface area contributed by atoms with Crippen molar-refractivity contribution >= 4 is 35.0 Å². The standard InChI is InChI=1S/C15H15NO5S/c1-9-6-10(4-5-11(9)20-2)7-12-14(18)16(15(19)22-12)8-13(17)21-3/h4-7H,8H2,1-3H3/b12-7+. The number of rotatable bonds is 4. The number of methoxy groups -OCH3 is 2. The second kappa shape index (κ2) is 6.65. The summed E-state index contributed by atoms with van der Waals surface area (Å²) in [5.41, 5.74) is 1.70. The molecule has 0 N–H and O–H groups in total. The van der Waals surface area contributed by atoms with Gasteiger partial charge in [0.2, 0.25) is 0 Å². The van der Waals surface area contributed by atoms with E-state index in [2.05, 4.69) is 4.74 Å². The third-order valence-electron chi connectivity index (χ3n) is 3.11. The van der Waals surface area contributed by atoms with Crippen molar-refractivity contribution in [3.63, 3.8) is 0 Å². The maximum absolute atomic E-state index is 12.2. The molecule has 1 aliphatic heterocycles. The summed E-state index contributed by atoms with van der Waals surface area (Å²) in [6, 6.07) is 5.44. The molecule has 1 fully saturated rings. The van der Waals surface area contributed by atoms with Gasteiger partial charge in [-0.2, -0.15) is 0 Å². The maximum atomic E-state index is 12.2. The van der Waals surface area contributed by atoms with Crippen molar-refractivity contribution in [3.05, 3.63) is 34.2 Å². The van der Waals surface area contributed by atoms with Crippen molar-refractivity contribution in [1.82, 2.24) is 4.90 Å². The summed E-state index contributed by atoms with van der Waals surface area (Å²) in [6.45, 7) is 1.51. The highest BCUT2D eigenvalue weighted by atomic mass is 32.2. The predicted octanol–water partition coefficient (Wildman–Crippen LogP) is 2.21. The average molecular weight is 321 g/mol. The van der Waals surface area contributed by atoms with E-state index < -0.39 is 17.1 Å². The molecule has 0 unspecified atom stereocenters. The molecule has 1 aromatic rings. The molecule has 1 saturated heterocycles. The average Bonchev–Trinajstić information content (AvgIpc) is 2.75. The van der Waals surface area contributed by atoms with Gasteiger partial charge in [-0.05, 0) is 48.0 Å². The van der Waals surface area contributed by atoms with Crippen LogP contribution in [-0.4, -0.2) is 42.8 Å². The summed E-state index contributed by atoms with van der Waals surface area (Å²) in [5, 5.41) is -0.480. The molecule has 1 aromatic carbocycles. The molecule has 7 heteroatoms. The number of carbonyl (C=O) groups excluding carboxylic acids is 3. The zero-order chi connectivity index (χ0) is 16.3. The normalized spacial score (nSPS) is 16.3. The Morgan fingerprint density at radius 2 is 2.05 bits per heavy atom. The molecule has 6 nitrogen and oxygen atoms in total. The van der Waals surface area contributed by atoms with Gasteiger partial charge in [-0.3, -0.25) is 19.3 Å². The van der Waals surface area contributed by atoms with Crippen LogP contribution in [0, 0.1) is 6.92 Å². The van der Waals surface area contributed by atoms with E-state index in [1.807, 2.05) is 13.0 Å². The summed E-state index contributed by atoms with van der Waals surface area (Å²) in [7, 11) is 2.79. The minimum Gasteiger partial charge on any atom is -0.496 e. The van der Waals surface area contributed by atoms with E-state index in [0.29, 0.717) is 0 Å². The monoisotopic (exact) mass is 321 g/mol. The topological polar surface area (TPSA) is 72.9 Å². The fourth-order valence-electron chi connectivity index (χ4n) is 1.97. The first-order chi connectivity index (χ1) is 10.5. The van der Waals surface area contributed by atoms with Crippen molar-refractivity contribution in [3.8, 4) is 5.75 Å². The molecule has 1 aliphatic rings. The first-order valence-electron chi connectivity index (χ1n) is 6.43. The van der Waals surface area contributed by atoms with Crippen LogP contribution in [0.25, 0.3) is 6.08 Å². The Morgan fingerprint density at radius 1 is 1.32 bits per heavy atom. The number of esters is 1. The first kappa shape index (κ1) is 16.1. The Morgan fingerprint density at radius 3 is 2.64 bits per heavy atom. The number of carbonyl (C=O) groups is 3. The van der Waals surface area contributed by atoms with Gasteiger partial charge in [-0.25, -0.2) is 0 Å². The highest BCUT2D eigenvalue weighted by molar-refractivity contribution is 8.18. The van der Waals surface area contributed by atoms with Crippen LogP contribution < -0.4 is 4.74 Å². The number of imide groups is 1. The summed E-state index contributed by atoms with van der Waals surface area (Å²) >= 11 is 0.804. The van der Waals surface area contributed by atoms with Crippen LogP contribution >= 0.6 is 11.8 Å². The number of aryl methyl sites for hydroxylation is 1. The van der Waals surface area contributed by atoms with Gasteiger partial charge in [0, 0.05) is 0 Å². The zero-order valence-corrected chi connectivity index (χ0v) is 13.2. The van der Waals surface area contributed by atoms with Gasteiger partial charge in [0.15, 0.2) is 0 Å². The van der Waals surface area contributed by atoms with Crippen molar-refractivity contribution in [2.24, 2.45) is 0 Å². The lowest BCUT2D eigenvalue weighted by Gasteiger charge is -2.09. The van der Waals surface area contributed by atoms with Crippen LogP contribution in [0.1, 0.15) is 11.1 Å². The second-order valence-corrected chi connectivity index (χ2v) is 5.57. The Kier molecular flexibility index (Phi) is 4.87. The van der Waals surface area contributed by atoms with Crippen molar-refractivity contribution in [2.45, 2.75) is 6.92 Å². The molecule has 22 heavy (non-hydrogen) atoms. The third-order valence-corrected chi connectivity index (χ3v) is 4.01. The van der Waals surface area contributed by atoms with Crippen LogP contribution in [0.2, 0.25) is 0 Å². The molecular formula is C15H15NO5S. The quantitative estimate of drug-likeness (QED) is 0.625. The second-order valence-electron chi connectivity index (χ2n) is 4.57. The molecule has 0 radical (unpaired) electrons. The predicted molar refractivity (Wildman–Crippen MR) is 82.4 cm³/mol. The molecule has 0 aromatic heterocycles. The molecule has 2 amide bonds. The van der Waals surface area contributed by atoms with Crippen LogP contribution in [0.5, 0.6) is 5.75 Å². The van der Waals surface area contributed by atoms with Gasteiger partial charge in [0.05, 0.1) is 19.1 Å². The smallest absolute Gasteiger partial charge is 0.325 e. The number of thioether (sulfide) groups is 1. The van der Waals surface area contributed by atoms with Crippen LogP contribution in [0.3, 0.4) is 0 Å². The Balaban J connectivity index is 2.22.